The van der Waals surface area contributed by atoms with Crippen molar-refractivity contribution in [2.75, 3.05) is 13.2 Å². The number of benzene rings is 2. The Morgan fingerprint density at radius 3 is 2.62 bits per heavy atom. The number of nitrogens with one attached hydrogen (secondary N) is 3. The number of H-pyrrole nitrogens is 1. The number of aromatic amines is 1. The predicted molar refractivity (Wildman–Crippen MR) is 116 cm³/mol. The third kappa shape index (κ3) is 4.42. The highest BCUT2D eigenvalue weighted by Crippen LogP contribution is 2.29. The Morgan fingerprint density at radius 2 is 1.88 bits per heavy atom. The number of nitrogens with zero attached hydrogens (tertiary/aromatic N) is 1. The monoisotopic (exact) mass is 454 g/mol. The Kier molecular flexibility index (Phi) is 6.09. The molecule has 0 aliphatic carbocycles. The van der Waals surface area contributed by atoms with Crippen molar-refractivity contribution in [2.24, 2.45) is 0 Å². The van der Waals surface area contributed by atoms with Crippen LogP contribution >= 0.6 is 11.6 Å². The van der Waals surface area contributed by atoms with E-state index in [9.17, 15) is 14.4 Å². The SMILES string of the molecule is CCOC(=O)C1=C(COC(=O)c2ccc3cn[nH]c3c2)NC(=O)N[C@@H]1c1ccc(Cl)cc1. The third-order valence-corrected chi connectivity index (χ3v) is 5.13. The molecule has 0 saturated carbocycles. The molecule has 2 heterocycles. The highest BCUT2D eigenvalue weighted by molar-refractivity contribution is 6.30. The number of hydrogen-bond acceptors (Lipinski definition) is 6. The summed E-state index contributed by atoms with van der Waals surface area (Å²) < 4.78 is 10.6. The van der Waals surface area contributed by atoms with Gasteiger partial charge in [0.05, 0.1) is 41.2 Å². The quantitative estimate of drug-likeness (QED) is 0.491. The first-order chi connectivity index (χ1) is 15.5. The van der Waals surface area contributed by atoms with Crippen molar-refractivity contribution < 1.29 is 23.9 Å². The van der Waals surface area contributed by atoms with Gasteiger partial charge in [0.25, 0.3) is 0 Å². The van der Waals surface area contributed by atoms with Crippen molar-refractivity contribution in [2.45, 2.75) is 13.0 Å². The summed E-state index contributed by atoms with van der Waals surface area (Å²) in [6, 6.07) is 10.3. The highest BCUT2D eigenvalue weighted by atomic mass is 35.5. The maximum atomic E-state index is 12.7. The van der Waals surface area contributed by atoms with Crippen LogP contribution in [-0.2, 0) is 14.3 Å². The summed E-state index contributed by atoms with van der Waals surface area (Å²) in [5.41, 5.74) is 1.90. The van der Waals surface area contributed by atoms with Gasteiger partial charge in [0.15, 0.2) is 0 Å². The molecule has 10 heteroatoms. The van der Waals surface area contributed by atoms with Crippen molar-refractivity contribution in [3.8, 4) is 0 Å². The molecule has 1 aliphatic heterocycles. The van der Waals surface area contributed by atoms with Crippen molar-refractivity contribution in [3.05, 3.63) is 76.1 Å². The van der Waals surface area contributed by atoms with Crippen molar-refractivity contribution in [1.82, 2.24) is 20.8 Å². The average molecular weight is 455 g/mol. The first kappa shape index (κ1) is 21.4. The Hall–Kier alpha value is -3.85. The summed E-state index contributed by atoms with van der Waals surface area (Å²) in [5, 5.41) is 13.3. The number of carbonyl (C=O) groups excluding carboxylic acids is 3. The topological polar surface area (TPSA) is 122 Å². The lowest BCUT2D eigenvalue weighted by molar-refractivity contribution is -0.139. The van der Waals surface area contributed by atoms with Crippen molar-refractivity contribution in [3.63, 3.8) is 0 Å². The van der Waals surface area contributed by atoms with Crippen LogP contribution in [0.2, 0.25) is 5.02 Å². The van der Waals surface area contributed by atoms with E-state index in [4.69, 9.17) is 21.1 Å². The standard InChI is InChI=1S/C22H19ClN4O5/c1-2-31-21(29)18-17(25-22(30)26-19(18)12-5-7-15(23)8-6-12)11-32-20(28)13-3-4-14-10-24-27-16(14)9-13/h3-10,19H,2,11H2,1H3,(H,24,27)(H2,25,26,30)/t19-/m1/s1. The van der Waals surface area contributed by atoms with E-state index in [1.54, 1.807) is 55.6 Å². The van der Waals surface area contributed by atoms with Crippen molar-refractivity contribution in [1.29, 1.82) is 0 Å². The number of amides is 2. The molecular formula is C22H19ClN4O5. The van der Waals surface area contributed by atoms with Gasteiger partial charge in [-0.2, -0.15) is 5.10 Å². The number of esters is 2. The predicted octanol–water partition coefficient (Wildman–Crippen LogP) is 3.24. The molecular weight excluding hydrogens is 436 g/mol. The number of hydrogen-bond donors (Lipinski definition) is 3. The number of halogens is 1. The van der Waals surface area contributed by atoms with E-state index in [2.05, 4.69) is 20.8 Å². The fraction of sp³-hybridized carbons (Fsp3) is 0.182. The number of rotatable bonds is 6. The fourth-order valence-electron chi connectivity index (χ4n) is 3.37. The number of ether oxygens (including phenoxy) is 2. The van der Waals surface area contributed by atoms with Gasteiger partial charge >= 0.3 is 18.0 Å². The van der Waals surface area contributed by atoms with Gasteiger partial charge in [-0.15, -0.1) is 0 Å². The lowest BCUT2D eigenvalue weighted by atomic mass is 9.95. The van der Waals surface area contributed by atoms with Gasteiger partial charge in [-0.05, 0) is 36.8 Å². The van der Waals surface area contributed by atoms with Crippen LogP contribution in [-0.4, -0.2) is 41.4 Å². The lowest BCUT2D eigenvalue weighted by Gasteiger charge is -2.29. The van der Waals surface area contributed by atoms with E-state index in [0.29, 0.717) is 21.7 Å². The molecule has 0 fully saturated rings. The van der Waals surface area contributed by atoms with E-state index in [1.807, 2.05) is 0 Å². The van der Waals surface area contributed by atoms with Gasteiger partial charge in [0.1, 0.15) is 6.61 Å². The maximum Gasteiger partial charge on any atom is 0.338 e. The number of fused-ring (bicyclic) bond motifs is 1. The number of carbonyl (C=O) groups is 3. The zero-order valence-corrected chi connectivity index (χ0v) is 17.7. The number of urea groups is 1. The van der Waals surface area contributed by atoms with Crippen LogP contribution in [0.25, 0.3) is 10.9 Å². The van der Waals surface area contributed by atoms with E-state index in [-0.39, 0.29) is 24.5 Å². The summed E-state index contributed by atoms with van der Waals surface area (Å²) >= 11 is 5.96. The second-order valence-corrected chi connectivity index (χ2v) is 7.38. The van der Waals surface area contributed by atoms with Crippen LogP contribution in [0.15, 0.2) is 59.9 Å². The summed E-state index contributed by atoms with van der Waals surface area (Å²) in [5.74, 6) is -1.25. The van der Waals surface area contributed by atoms with Crippen molar-refractivity contribution >= 4 is 40.5 Å². The van der Waals surface area contributed by atoms with Gasteiger partial charge in [0.2, 0.25) is 0 Å². The normalized spacial score (nSPS) is 15.8. The zero-order valence-electron chi connectivity index (χ0n) is 17.0. The van der Waals surface area contributed by atoms with Gasteiger partial charge in [-0.3, -0.25) is 5.10 Å². The molecule has 3 aromatic rings. The van der Waals surface area contributed by atoms with Crippen LogP contribution in [0.1, 0.15) is 28.9 Å². The Morgan fingerprint density at radius 1 is 1.09 bits per heavy atom. The molecule has 2 aromatic carbocycles. The molecule has 1 atom stereocenters. The molecule has 0 saturated heterocycles. The first-order valence-corrected chi connectivity index (χ1v) is 10.2. The molecule has 2 amide bonds. The average Bonchev–Trinajstić information content (AvgIpc) is 3.25. The minimum Gasteiger partial charge on any atom is -0.463 e. The fourth-order valence-corrected chi connectivity index (χ4v) is 3.50. The number of aromatic nitrogens is 2. The van der Waals surface area contributed by atoms with Crippen LogP contribution in [0.3, 0.4) is 0 Å². The largest absolute Gasteiger partial charge is 0.463 e. The molecule has 3 N–H and O–H groups in total. The molecule has 0 bridgehead atoms. The lowest BCUT2D eigenvalue weighted by Crippen LogP contribution is -2.47. The van der Waals surface area contributed by atoms with Crippen LogP contribution < -0.4 is 10.6 Å². The van der Waals surface area contributed by atoms with E-state index in [1.165, 1.54) is 0 Å². The Labute approximate surface area is 187 Å². The first-order valence-electron chi connectivity index (χ1n) is 9.79. The summed E-state index contributed by atoms with van der Waals surface area (Å²) in [7, 11) is 0. The van der Waals surface area contributed by atoms with Gasteiger partial charge in [0, 0.05) is 10.4 Å². The van der Waals surface area contributed by atoms with Gasteiger partial charge in [-0.1, -0.05) is 29.8 Å². The summed E-state index contributed by atoms with van der Waals surface area (Å²) in [6.07, 6.45) is 1.64. The van der Waals surface area contributed by atoms with Gasteiger partial charge in [-0.25, -0.2) is 14.4 Å². The van der Waals surface area contributed by atoms with Crippen LogP contribution in [0.5, 0.6) is 0 Å². The van der Waals surface area contributed by atoms with E-state index in [0.717, 1.165) is 5.39 Å². The van der Waals surface area contributed by atoms with Crippen LogP contribution in [0.4, 0.5) is 4.79 Å². The second kappa shape index (κ2) is 9.11. The van der Waals surface area contributed by atoms with E-state index < -0.39 is 24.0 Å². The molecule has 1 aliphatic rings. The molecule has 0 unspecified atom stereocenters. The molecule has 1 aromatic heterocycles. The van der Waals surface area contributed by atoms with Crippen LogP contribution in [0, 0.1) is 0 Å². The molecule has 0 spiro atoms. The summed E-state index contributed by atoms with van der Waals surface area (Å²) in [4.78, 5) is 37.6. The maximum absolute atomic E-state index is 12.7. The molecule has 164 valence electrons. The highest BCUT2D eigenvalue weighted by Gasteiger charge is 2.34. The molecule has 32 heavy (non-hydrogen) atoms. The molecule has 4 rings (SSSR count). The summed E-state index contributed by atoms with van der Waals surface area (Å²) in [6.45, 7) is 1.49. The Balaban J connectivity index is 1.63. The van der Waals surface area contributed by atoms with E-state index >= 15 is 0 Å². The second-order valence-electron chi connectivity index (χ2n) is 6.94. The molecule has 9 nitrogen and oxygen atoms in total. The third-order valence-electron chi connectivity index (χ3n) is 4.88. The van der Waals surface area contributed by atoms with Gasteiger partial charge < -0.3 is 20.1 Å². The smallest absolute Gasteiger partial charge is 0.338 e. The minimum atomic E-state index is -0.796. The Bertz CT molecular complexity index is 1220. The zero-order chi connectivity index (χ0) is 22.7. The minimum absolute atomic E-state index is 0.140. The molecule has 0 radical (unpaired) electrons.